The lowest BCUT2D eigenvalue weighted by atomic mass is 10.3. The summed E-state index contributed by atoms with van der Waals surface area (Å²) in [5, 5.41) is 5.76. The molecule has 0 unspecified atom stereocenters. The van der Waals surface area contributed by atoms with Crippen molar-refractivity contribution >= 4 is 33.5 Å². The minimum atomic E-state index is -0.258. The number of carbonyl (C=O) groups excluding carboxylic acids is 1. The summed E-state index contributed by atoms with van der Waals surface area (Å²) >= 11 is 3.39. The molecule has 0 aliphatic heterocycles. The minimum Gasteiger partial charge on any atom is -0.383 e. The van der Waals surface area contributed by atoms with Gasteiger partial charge in [-0.3, -0.25) is 4.79 Å². The number of carbonyl (C=O) groups is 1. The van der Waals surface area contributed by atoms with Crippen LogP contribution in [0.4, 0.5) is 11.6 Å². The van der Waals surface area contributed by atoms with E-state index in [1.807, 2.05) is 24.3 Å². The van der Waals surface area contributed by atoms with Crippen molar-refractivity contribution in [2.45, 2.75) is 0 Å². The molecule has 0 radical (unpaired) electrons. The fourth-order valence-corrected chi connectivity index (χ4v) is 2.00. The average Bonchev–Trinajstić information content (AvgIpc) is 2.48. The standard InChI is InChI=1S/C14H15BrN4O2/c1-21-8-7-16-13(20)12-5-6-17-14(19-12)18-11-4-2-3-10(15)9-11/h2-6,9H,7-8H2,1H3,(H,16,20)(H,17,18,19). The van der Waals surface area contributed by atoms with Gasteiger partial charge in [-0.15, -0.1) is 0 Å². The molecule has 0 saturated carbocycles. The van der Waals surface area contributed by atoms with E-state index in [-0.39, 0.29) is 5.91 Å². The first-order chi connectivity index (χ1) is 10.2. The van der Waals surface area contributed by atoms with Gasteiger partial charge in [0.15, 0.2) is 0 Å². The number of aromatic nitrogens is 2. The van der Waals surface area contributed by atoms with Crippen molar-refractivity contribution in [1.29, 1.82) is 0 Å². The second-order valence-electron chi connectivity index (χ2n) is 4.15. The van der Waals surface area contributed by atoms with Crippen molar-refractivity contribution in [2.24, 2.45) is 0 Å². The molecule has 0 aliphatic rings. The van der Waals surface area contributed by atoms with Gasteiger partial charge in [-0.2, -0.15) is 0 Å². The lowest BCUT2D eigenvalue weighted by molar-refractivity contribution is 0.0932. The Morgan fingerprint density at radius 3 is 3.00 bits per heavy atom. The second-order valence-corrected chi connectivity index (χ2v) is 5.07. The van der Waals surface area contributed by atoms with Gasteiger partial charge in [0.1, 0.15) is 5.69 Å². The van der Waals surface area contributed by atoms with E-state index in [1.54, 1.807) is 19.4 Å². The highest BCUT2D eigenvalue weighted by atomic mass is 79.9. The molecule has 1 aromatic heterocycles. The third kappa shape index (κ3) is 4.80. The van der Waals surface area contributed by atoms with E-state index in [1.165, 1.54) is 0 Å². The van der Waals surface area contributed by atoms with Gasteiger partial charge in [-0.1, -0.05) is 22.0 Å². The quantitative estimate of drug-likeness (QED) is 0.782. The largest absolute Gasteiger partial charge is 0.383 e. The number of benzene rings is 1. The average molecular weight is 351 g/mol. The summed E-state index contributed by atoms with van der Waals surface area (Å²) in [6, 6.07) is 9.17. The van der Waals surface area contributed by atoms with Gasteiger partial charge < -0.3 is 15.4 Å². The first-order valence-corrected chi connectivity index (χ1v) is 7.11. The normalized spacial score (nSPS) is 10.2. The minimum absolute atomic E-state index is 0.258. The van der Waals surface area contributed by atoms with Crippen LogP contribution in [0.15, 0.2) is 41.0 Å². The van der Waals surface area contributed by atoms with Gasteiger partial charge in [0.2, 0.25) is 5.95 Å². The lowest BCUT2D eigenvalue weighted by Gasteiger charge is -2.07. The number of rotatable bonds is 6. The zero-order valence-electron chi connectivity index (χ0n) is 11.5. The Morgan fingerprint density at radius 2 is 2.24 bits per heavy atom. The SMILES string of the molecule is COCCNC(=O)c1ccnc(Nc2cccc(Br)c2)n1. The second kappa shape index (κ2) is 7.70. The fraction of sp³-hybridized carbons (Fsp3) is 0.214. The monoisotopic (exact) mass is 350 g/mol. The van der Waals surface area contributed by atoms with Crippen LogP contribution in [-0.2, 0) is 4.74 Å². The van der Waals surface area contributed by atoms with E-state index in [0.29, 0.717) is 24.8 Å². The van der Waals surface area contributed by atoms with Gasteiger partial charge in [0.05, 0.1) is 6.61 Å². The summed E-state index contributed by atoms with van der Waals surface area (Å²) in [5.41, 5.74) is 1.14. The summed E-state index contributed by atoms with van der Waals surface area (Å²) < 4.78 is 5.82. The number of nitrogens with one attached hydrogen (secondary N) is 2. The molecular formula is C14H15BrN4O2. The summed E-state index contributed by atoms with van der Waals surface area (Å²) in [6.45, 7) is 0.897. The van der Waals surface area contributed by atoms with Gasteiger partial charge in [-0.25, -0.2) is 9.97 Å². The Labute approximate surface area is 131 Å². The predicted octanol–water partition coefficient (Wildman–Crippen LogP) is 2.36. The van der Waals surface area contributed by atoms with Crippen molar-refractivity contribution < 1.29 is 9.53 Å². The van der Waals surface area contributed by atoms with E-state index < -0.39 is 0 Å². The van der Waals surface area contributed by atoms with Crippen molar-refractivity contribution in [3.8, 4) is 0 Å². The summed E-state index contributed by atoms with van der Waals surface area (Å²) in [6.07, 6.45) is 1.54. The molecule has 2 rings (SSSR count). The summed E-state index contributed by atoms with van der Waals surface area (Å²) in [4.78, 5) is 20.2. The number of methoxy groups -OCH3 is 1. The number of hydrogen-bond donors (Lipinski definition) is 2. The number of hydrogen-bond acceptors (Lipinski definition) is 5. The Bertz CT molecular complexity index is 621. The molecule has 21 heavy (non-hydrogen) atoms. The van der Waals surface area contributed by atoms with Crippen molar-refractivity contribution in [1.82, 2.24) is 15.3 Å². The molecule has 1 aromatic carbocycles. The van der Waals surface area contributed by atoms with Gasteiger partial charge in [0, 0.05) is 30.0 Å². The molecule has 1 amide bonds. The maximum absolute atomic E-state index is 11.9. The van der Waals surface area contributed by atoms with Crippen LogP contribution >= 0.6 is 15.9 Å². The number of nitrogens with zero attached hydrogens (tertiary/aromatic N) is 2. The Hall–Kier alpha value is -1.99. The molecule has 110 valence electrons. The zero-order chi connectivity index (χ0) is 15.1. The van der Waals surface area contributed by atoms with Crippen LogP contribution in [0.2, 0.25) is 0 Å². The van der Waals surface area contributed by atoms with E-state index in [0.717, 1.165) is 10.2 Å². The van der Waals surface area contributed by atoms with Crippen molar-refractivity contribution in [3.05, 3.63) is 46.7 Å². The third-order valence-corrected chi connectivity index (χ3v) is 3.05. The molecule has 2 N–H and O–H groups in total. The fourth-order valence-electron chi connectivity index (χ4n) is 1.60. The van der Waals surface area contributed by atoms with Crippen LogP contribution in [0, 0.1) is 0 Å². The van der Waals surface area contributed by atoms with E-state index in [9.17, 15) is 4.79 Å². The van der Waals surface area contributed by atoms with Crippen LogP contribution < -0.4 is 10.6 Å². The number of amides is 1. The van der Waals surface area contributed by atoms with E-state index in [2.05, 4.69) is 36.5 Å². The Morgan fingerprint density at radius 1 is 1.38 bits per heavy atom. The summed E-state index contributed by atoms with van der Waals surface area (Å²) in [7, 11) is 1.58. The molecule has 0 aliphatic carbocycles. The highest BCUT2D eigenvalue weighted by molar-refractivity contribution is 9.10. The highest BCUT2D eigenvalue weighted by Crippen LogP contribution is 2.18. The first kappa shape index (κ1) is 15.4. The van der Waals surface area contributed by atoms with Gasteiger partial charge in [0.25, 0.3) is 5.91 Å². The molecule has 0 spiro atoms. The molecular weight excluding hydrogens is 336 g/mol. The molecule has 0 fully saturated rings. The van der Waals surface area contributed by atoms with Crippen molar-refractivity contribution in [2.75, 3.05) is 25.6 Å². The Balaban J connectivity index is 2.05. The highest BCUT2D eigenvalue weighted by Gasteiger charge is 2.08. The molecule has 0 bridgehead atoms. The topological polar surface area (TPSA) is 76.1 Å². The smallest absolute Gasteiger partial charge is 0.270 e. The number of ether oxygens (including phenoxy) is 1. The van der Waals surface area contributed by atoms with Gasteiger partial charge >= 0.3 is 0 Å². The lowest BCUT2D eigenvalue weighted by Crippen LogP contribution is -2.27. The molecule has 2 aromatic rings. The van der Waals surface area contributed by atoms with Crippen LogP contribution in [0.1, 0.15) is 10.5 Å². The molecule has 0 saturated heterocycles. The molecule has 6 nitrogen and oxygen atoms in total. The van der Waals surface area contributed by atoms with E-state index >= 15 is 0 Å². The molecule has 1 heterocycles. The number of halogens is 1. The van der Waals surface area contributed by atoms with E-state index in [4.69, 9.17) is 4.74 Å². The van der Waals surface area contributed by atoms with Crippen LogP contribution in [0.3, 0.4) is 0 Å². The Kier molecular flexibility index (Phi) is 5.65. The zero-order valence-corrected chi connectivity index (χ0v) is 13.1. The number of anilines is 2. The molecule has 0 atom stereocenters. The third-order valence-electron chi connectivity index (χ3n) is 2.56. The van der Waals surface area contributed by atoms with Crippen LogP contribution in [0.25, 0.3) is 0 Å². The first-order valence-electron chi connectivity index (χ1n) is 6.32. The van der Waals surface area contributed by atoms with Crippen LogP contribution in [-0.4, -0.2) is 36.1 Å². The molecule has 7 heteroatoms. The van der Waals surface area contributed by atoms with Gasteiger partial charge in [-0.05, 0) is 24.3 Å². The maximum atomic E-state index is 11.9. The predicted molar refractivity (Wildman–Crippen MR) is 83.7 cm³/mol. The summed E-state index contributed by atoms with van der Waals surface area (Å²) in [5.74, 6) is 0.110. The van der Waals surface area contributed by atoms with Crippen LogP contribution in [0.5, 0.6) is 0 Å². The maximum Gasteiger partial charge on any atom is 0.270 e. The van der Waals surface area contributed by atoms with Crippen molar-refractivity contribution in [3.63, 3.8) is 0 Å².